The van der Waals surface area contributed by atoms with Crippen molar-refractivity contribution in [3.63, 3.8) is 0 Å². The summed E-state index contributed by atoms with van der Waals surface area (Å²) in [7, 11) is 3.33. The fourth-order valence-corrected chi connectivity index (χ4v) is 7.14. The van der Waals surface area contributed by atoms with E-state index in [4.69, 9.17) is 9.47 Å². The summed E-state index contributed by atoms with van der Waals surface area (Å²) in [6.07, 6.45) is 8.65. The van der Waals surface area contributed by atoms with Gasteiger partial charge in [-0.1, -0.05) is 13.0 Å². The van der Waals surface area contributed by atoms with E-state index >= 15 is 0 Å². The smallest absolute Gasteiger partial charge is 0.319 e. The molecule has 2 aromatic rings. The SMILES string of the molecule is COc1ccc([C@@]23CC[C@@H](NC(=O)Nc4ccc(F)c(F)c4)C[C@@H]2N(C2CCC(C)CC2)CC3)cc1OC. The van der Waals surface area contributed by atoms with Crippen LogP contribution in [0.2, 0.25) is 0 Å². The normalized spacial score (nSPS) is 29.4. The van der Waals surface area contributed by atoms with Gasteiger partial charge in [-0.25, -0.2) is 13.6 Å². The van der Waals surface area contributed by atoms with Crippen LogP contribution in [0.1, 0.15) is 63.9 Å². The molecule has 0 aromatic heterocycles. The van der Waals surface area contributed by atoms with Crippen molar-refractivity contribution in [2.45, 2.75) is 81.8 Å². The molecule has 0 radical (unpaired) electrons. The van der Waals surface area contributed by atoms with Crippen LogP contribution < -0.4 is 20.1 Å². The highest BCUT2D eigenvalue weighted by molar-refractivity contribution is 5.89. The Kier molecular flexibility index (Phi) is 7.80. The van der Waals surface area contributed by atoms with Gasteiger partial charge in [0.1, 0.15) is 0 Å². The molecule has 0 unspecified atom stereocenters. The molecule has 2 saturated carbocycles. The fourth-order valence-electron chi connectivity index (χ4n) is 7.14. The van der Waals surface area contributed by atoms with Crippen LogP contribution in [0.15, 0.2) is 36.4 Å². The number of halogens is 2. The van der Waals surface area contributed by atoms with Crippen molar-refractivity contribution >= 4 is 11.7 Å². The molecule has 3 aliphatic rings. The van der Waals surface area contributed by atoms with Crippen LogP contribution in [-0.4, -0.2) is 49.8 Å². The fraction of sp³-hybridized carbons (Fsp3) is 0.567. The van der Waals surface area contributed by atoms with E-state index in [1.165, 1.54) is 37.3 Å². The van der Waals surface area contributed by atoms with E-state index in [9.17, 15) is 13.6 Å². The van der Waals surface area contributed by atoms with E-state index in [1.54, 1.807) is 14.2 Å². The highest BCUT2D eigenvalue weighted by atomic mass is 19.2. The van der Waals surface area contributed by atoms with Gasteiger partial charge >= 0.3 is 6.03 Å². The molecule has 0 bridgehead atoms. The Hall–Kier alpha value is -2.87. The molecular formula is C30H39F2N3O3. The molecule has 5 rings (SSSR count). The van der Waals surface area contributed by atoms with Crippen LogP contribution in [0.25, 0.3) is 0 Å². The second-order valence-corrected chi connectivity index (χ2v) is 11.3. The van der Waals surface area contributed by atoms with Gasteiger partial charge in [0, 0.05) is 35.3 Å². The molecule has 206 valence electrons. The maximum Gasteiger partial charge on any atom is 0.319 e. The van der Waals surface area contributed by atoms with Gasteiger partial charge in [-0.05, 0) is 93.7 Å². The molecule has 1 aliphatic heterocycles. The van der Waals surface area contributed by atoms with Crippen LogP contribution in [0.3, 0.4) is 0 Å². The lowest BCUT2D eigenvalue weighted by Gasteiger charge is -2.48. The first-order chi connectivity index (χ1) is 18.3. The lowest BCUT2D eigenvalue weighted by atomic mass is 9.64. The molecule has 2 amide bonds. The van der Waals surface area contributed by atoms with Crippen LogP contribution in [0.4, 0.5) is 19.3 Å². The predicted molar refractivity (Wildman–Crippen MR) is 144 cm³/mol. The van der Waals surface area contributed by atoms with Crippen molar-refractivity contribution in [2.75, 3.05) is 26.1 Å². The third kappa shape index (κ3) is 5.20. The number of amides is 2. The Labute approximate surface area is 224 Å². The molecule has 3 fully saturated rings. The van der Waals surface area contributed by atoms with Crippen LogP contribution in [-0.2, 0) is 5.41 Å². The second-order valence-electron chi connectivity index (χ2n) is 11.3. The van der Waals surface area contributed by atoms with Crippen LogP contribution in [0.5, 0.6) is 11.5 Å². The van der Waals surface area contributed by atoms with Crippen LogP contribution >= 0.6 is 0 Å². The number of fused-ring (bicyclic) bond motifs is 1. The molecule has 6 nitrogen and oxygen atoms in total. The van der Waals surface area contributed by atoms with Crippen molar-refractivity contribution in [3.8, 4) is 11.5 Å². The topological polar surface area (TPSA) is 62.8 Å². The molecule has 2 aliphatic carbocycles. The third-order valence-electron chi connectivity index (χ3n) is 9.23. The summed E-state index contributed by atoms with van der Waals surface area (Å²) in [4.78, 5) is 15.5. The van der Waals surface area contributed by atoms with Crippen molar-refractivity contribution in [1.82, 2.24) is 10.2 Å². The second kappa shape index (κ2) is 11.1. The Morgan fingerprint density at radius 2 is 1.71 bits per heavy atom. The maximum absolute atomic E-state index is 13.6. The van der Waals surface area contributed by atoms with Gasteiger partial charge in [0.25, 0.3) is 0 Å². The molecule has 2 N–H and O–H groups in total. The number of ether oxygens (including phenoxy) is 2. The third-order valence-corrected chi connectivity index (χ3v) is 9.23. The number of anilines is 1. The van der Waals surface area contributed by atoms with Gasteiger partial charge < -0.3 is 20.1 Å². The van der Waals surface area contributed by atoms with Crippen molar-refractivity contribution in [1.29, 1.82) is 0 Å². The van der Waals surface area contributed by atoms with Crippen molar-refractivity contribution in [3.05, 3.63) is 53.6 Å². The first-order valence-electron chi connectivity index (χ1n) is 13.8. The highest BCUT2D eigenvalue weighted by Gasteiger charge is 2.53. The number of benzene rings is 2. The van der Waals surface area contributed by atoms with Crippen LogP contribution in [0, 0.1) is 17.6 Å². The summed E-state index contributed by atoms with van der Waals surface area (Å²) < 4.78 is 38.1. The quantitative estimate of drug-likeness (QED) is 0.466. The van der Waals surface area contributed by atoms with E-state index in [0.29, 0.717) is 12.1 Å². The summed E-state index contributed by atoms with van der Waals surface area (Å²) in [6.45, 7) is 3.39. The number of nitrogens with zero attached hydrogens (tertiary/aromatic N) is 1. The monoisotopic (exact) mass is 527 g/mol. The predicted octanol–water partition coefficient (Wildman–Crippen LogP) is 6.25. The van der Waals surface area contributed by atoms with Gasteiger partial charge in [-0.2, -0.15) is 0 Å². The zero-order valence-electron chi connectivity index (χ0n) is 22.6. The minimum atomic E-state index is -0.983. The Balaban J connectivity index is 1.37. The summed E-state index contributed by atoms with van der Waals surface area (Å²) in [6, 6.07) is 10.2. The van der Waals surface area contributed by atoms with Crippen molar-refractivity contribution < 1.29 is 23.0 Å². The summed E-state index contributed by atoms with van der Waals surface area (Å²) in [5.74, 6) is 0.334. The number of methoxy groups -OCH3 is 2. The Bertz CT molecular complexity index is 1150. The Morgan fingerprint density at radius 3 is 2.42 bits per heavy atom. The number of carbonyl (C=O) groups is 1. The molecule has 38 heavy (non-hydrogen) atoms. The molecule has 2 aromatic carbocycles. The summed E-state index contributed by atoms with van der Waals surface area (Å²) in [5.41, 5.74) is 1.49. The van der Waals surface area contributed by atoms with E-state index in [2.05, 4.69) is 34.6 Å². The number of rotatable bonds is 6. The number of hydrogen-bond acceptors (Lipinski definition) is 4. The number of nitrogens with one attached hydrogen (secondary N) is 2. The van der Waals surface area contributed by atoms with Gasteiger partial charge in [-0.3, -0.25) is 4.90 Å². The van der Waals surface area contributed by atoms with Gasteiger partial charge in [0.15, 0.2) is 23.1 Å². The van der Waals surface area contributed by atoms with Crippen molar-refractivity contribution in [2.24, 2.45) is 5.92 Å². The largest absolute Gasteiger partial charge is 0.493 e. The highest BCUT2D eigenvalue weighted by Crippen LogP contribution is 2.52. The van der Waals surface area contributed by atoms with E-state index in [1.807, 2.05) is 6.07 Å². The lowest BCUT2D eigenvalue weighted by Crippen LogP contribution is -2.55. The number of urea groups is 1. The molecule has 0 spiro atoms. The summed E-state index contributed by atoms with van der Waals surface area (Å²) in [5, 5.41) is 5.78. The molecule has 1 saturated heterocycles. The number of carbonyl (C=O) groups excluding carboxylic acids is 1. The van der Waals surface area contributed by atoms with E-state index in [-0.39, 0.29) is 17.1 Å². The lowest BCUT2D eigenvalue weighted by molar-refractivity contribution is 0.0752. The minimum Gasteiger partial charge on any atom is -0.493 e. The zero-order valence-corrected chi connectivity index (χ0v) is 22.6. The number of hydrogen-bond donors (Lipinski definition) is 2. The number of likely N-dealkylation sites (tertiary alicyclic amines) is 1. The minimum absolute atomic E-state index is 0.0123. The van der Waals surface area contributed by atoms with E-state index < -0.39 is 17.7 Å². The summed E-state index contributed by atoms with van der Waals surface area (Å²) >= 11 is 0. The maximum atomic E-state index is 13.6. The first-order valence-corrected chi connectivity index (χ1v) is 13.8. The average molecular weight is 528 g/mol. The van der Waals surface area contributed by atoms with Gasteiger partial charge in [0.05, 0.1) is 14.2 Å². The standard InChI is InChI=1S/C30H39F2N3O3/c1-19-4-8-23(9-5-19)35-15-14-30(20-6-11-26(37-2)27(16-20)38-3)13-12-22(18-28(30)35)34-29(36)33-21-7-10-24(31)25(32)17-21/h6-7,10-11,16-17,19,22-23,28H,4-5,8-9,12-15,18H2,1-3H3,(H2,33,34,36)/t19?,22-,23?,28+,30+/m1/s1. The zero-order chi connectivity index (χ0) is 26.9. The van der Waals surface area contributed by atoms with E-state index in [0.717, 1.165) is 61.8 Å². The molecule has 3 atom stereocenters. The van der Waals surface area contributed by atoms with Gasteiger partial charge in [-0.15, -0.1) is 0 Å². The average Bonchev–Trinajstić information content (AvgIpc) is 3.30. The molecule has 8 heteroatoms. The Morgan fingerprint density at radius 1 is 0.947 bits per heavy atom. The molecular weight excluding hydrogens is 488 g/mol. The molecule has 1 heterocycles. The van der Waals surface area contributed by atoms with Gasteiger partial charge in [0.2, 0.25) is 0 Å². The first kappa shape index (κ1) is 26.7.